The predicted molar refractivity (Wildman–Crippen MR) is 59.4 cm³/mol. The molecule has 1 unspecified atom stereocenters. The van der Waals surface area contributed by atoms with E-state index in [0.717, 1.165) is 12.1 Å². The lowest BCUT2D eigenvalue weighted by Gasteiger charge is -2.20. The summed E-state index contributed by atoms with van der Waals surface area (Å²) in [5, 5.41) is 3.53. The zero-order chi connectivity index (χ0) is 9.80. The van der Waals surface area contributed by atoms with Crippen molar-refractivity contribution in [2.75, 3.05) is 5.32 Å². The largest absolute Gasteiger partial charge is 0.382 e. The van der Waals surface area contributed by atoms with Gasteiger partial charge in [-0.3, -0.25) is 4.98 Å². The molecule has 0 fully saturated rings. The quantitative estimate of drug-likeness (QED) is 0.722. The van der Waals surface area contributed by atoms with Gasteiger partial charge >= 0.3 is 0 Å². The van der Waals surface area contributed by atoms with Crippen molar-refractivity contribution in [3.05, 3.63) is 36.2 Å². The van der Waals surface area contributed by atoms with E-state index in [-0.39, 0.29) is 0 Å². The summed E-state index contributed by atoms with van der Waals surface area (Å²) in [7, 11) is 0. The van der Waals surface area contributed by atoms with E-state index in [9.17, 15) is 0 Å². The molecule has 74 valence electrons. The molecule has 2 rings (SSSR count). The molecule has 1 aromatic rings. The lowest BCUT2D eigenvalue weighted by Crippen LogP contribution is -2.20. The Morgan fingerprint density at radius 2 is 2.36 bits per heavy atom. The summed E-state index contributed by atoms with van der Waals surface area (Å²) in [6.45, 7) is 2.02. The molecule has 14 heavy (non-hydrogen) atoms. The highest BCUT2D eigenvalue weighted by atomic mass is 14.9. The minimum Gasteiger partial charge on any atom is -0.382 e. The van der Waals surface area contributed by atoms with Gasteiger partial charge in [0.05, 0.1) is 0 Å². The Hall–Kier alpha value is -1.31. The van der Waals surface area contributed by atoms with E-state index in [1.165, 1.54) is 18.5 Å². The molecule has 1 atom stereocenters. The maximum absolute atomic E-state index is 4.18. The van der Waals surface area contributed by atoms with Crippen molar-refractivity contribution in [3.8, 4) is 0 Å². The topological polar surface area (TPSA) is 24.9 Å². The normalized spacial score (nSPS) is 20.8. The van der Waals surface area contributed by atoms with Crippen LogP contribution in [0.5, 0.6) is 0 Å². The highest BCUT2D eigenvalue weighted by Crippen LogP contribution is 2.17. The Bertz CT molecular complexity index is 331. The molecule has 1 heterocycles. The Morgan fingerprint density at radius 1 is 1.43 bits per heavy atom. The van der Waals surface area contributed by atoms with Gasteiger partial charge < -0.3 is 5.32 Å². The predicted octanol–water partition coefficient (Wildman–Crippen LogP) is 2.91. The van der Waals surface area contributed by atoms with Crippen LogP contribution >= 0.6 is 0 Å². The standard InChI is InChI=1S/C12H16N2/c1-10-9-12(7-8-13-10)14-11-5-3-2-4-6-11/h2-3,7-9,11H,4-6H2,1H3,(H,13,14). The fraction of sp³-hybridized carbons (Fsp3) is 0.417. The molecule has 0 saturated carbocycles. The van der Waals surface area contributed by atoms with Gasteiger partial charge in [-0.1, -0.05) is 12.2 Å². The van der Waals surface area contributed by atoms with Crippen LogP contribution in [0.1, 0.15) is 25.0 Å². The Morgan fingerprint density at radius 3 is 3.07 bits per heavy atom. The summed E-state index contributed by atoms with van der Waals surface area (Å²) in [4.78, 5) is 4.18. The molecule has 1 aliphatic carbocycles. The number of aryl methyl sites for hydroxylation is 1. The second-order valence-corrected chi connectivity index (χ2v) is 3.81. The van der Waals surface area contributed by atoms with Crippen LogP contribution < -0.4 is 5.32 Å². The van der Waals surface area contributed by atoms with E-state index < -0.39 is 0 Å². The summed E-state index contributed by atoms with van der Waals surface area (Å²) >= 11 is 0. The maximum Gasteiger partial charge on any atom is 0.0393 e. The van der Waals surface area contributed by atoms with Crippen molar-refractivity contribution in [1.82, 2.24) is 4.98 Å². The van der Waals surface area contributed by atoms with Gasteiger partial charge in [0, 0.05) is 23.6 Å². The lowest BCUT2D eigenvalue weighted by molar-refractivity contribution is 0.644. The van der Waals surface area contributed by atoms with Gasteiger partial charge in [0.15, 0.2) is 0 Å². The van der Waals surface area contributed by atoms with Gasteiger partial charge in [-0.05, 0) is 38.3 Å². The van der Waals surface area contributed by atoms with E-state index in [4.69, 9.17) is 0 Å². The van der Waals surface area contributed by atoms with E-state index >= 15 is 0 Å². The first kappa shape index (κ1) is 9.25. The van der Waals surface area contributed by atoms with Crippen LogP contribution in [-0.4, -0.2) is 11.0 Å². The molecule has 0 amide bonds. The molecule has 1 N–H and O–H groups in total. The maximum atomic E-state index is 4.18. The molecule has 0 bridgehead atoms. The number of hydrogen-bond acceptors (Lipinski definition) is 2. The van der Waals surface area contributed by atoms with Crippen LogP contribution in [0, 0.1) is 6.92 Å². The molecular weight excluding hydrogens is 172 g/mol. The third-order valence-corrected chi connectivity index (χ3v) is 2.54. The molecule has 0 saturated heterocycles. The SMILES string of the molecule is Cc1cc(NC2CC=CCC2)ccn1. The summed E-state index contributed by atoms with van der Waals surface area (Å²) < 4.78 is 0. The third kappa shape index (κ3) is 2.34. The molecule has 1 aromatic heterocycles. The second kappa shape index (κ2) is 4.27. The minimum atomic E-state index is 0.599. The average molecular weight is 188 g/mol. The van der Waals surface area contributed by atoms with Crippen LogP contribution in [0.4, 0.5) is 5.69 Å². The highest BCUT2D eigenvalue weighted by Gasteiger charge is 2.08. The van der Waals surface area contributed by atoms with Crippen molar-refractivity contribution < 1.29 is 0 Å². The molecule has 0 radical (unpaired) electrons. The zero-order valence-electron chi connectivity index (χ0n) is 8.53. The fourth-order valence-corrected chi connectivity index (χ4v) is 1.80. The van der Waals surface area contributed by atoms with Gasteiger partial charge in [-0.25, -0.2) is 0 Å². The smallest absolute Gasteiger partial charge is 0.0393 e. The molecule has 2 heteroatoms. The van der Waals surface area contributed by atoms with Crippen LogP contribution in [0.25, 0.3) is 0 Å². The first-order valence-corrected chi connectivity index (χ1v) is 5.19. The van der Waals surface area contributed by atoms with Crippen molar-refractivity contribution in [1.29, 1.82) is 0 Å². The number of pyridine rings is 1. The van der Waals surface area contributed by atoms with E-state index in [2.05, 4.69) is 28.5 Å². The van der Waals surface area contributed by atoms with Crippen molar-refractivity contribution in [2.24, 2.45) is 0 Å². The second-order valence-electron chi connectivity index (χ2n) is 3.81. The number of rotatable bonds is 2. The van der Waals surface area contributed by atoms with E-state index in [0.29, 0.717) is 6.04 Å². The molecule has 0 aromatic carbocycles. The number of aromatic nitrogens is 1. The number of hydrogen-bond donors (Lipinski definition) is 1. The van der Waals surface area contributed by atoms with Gasteiger partial charge in [-0.2, -0.15) is 0 Å². The first-order chi connectivity index (χ1) is 6.84. The number of nitrogens with zero attached hydrogens (tertiary/aromatic N) is 1. The zero-order valence-corrected chi connectivity index (χ0v) is 8.53. The molecule has 0 aliphatic heterocycles. The van der Waals surface area contributed by atoms with Gasteiger partial charge in [0.2, 0.25) is 0 Å². The first-order valence-electron chi connectivity index (χ1n) is 5.19. The number of allylic oxidation sites excluding steroid dienone is 1. The van der Waals surface area contributed by atoms with Crippen molar-refractivity contribution in [2.45, 2.75) is 32.2 Å². The summed E-state index contributed by atoms with van der Waals surface area (Å²) in [5.41, 5.74) is 2.26. The summed E-state index contributed by atoms with van der Waals surface area (Å²) in [6.07, 6.45) is 9.95. The highest BCUT2D eigenvalue weighted by molar-refractivity contribution is 5.44. The van der Waals surface area contributed by atoms with E-state index in [1.54, 1.807) is 0 Å². The van der Waals surface area contributed by atoms with Gasteiger partial charge in [0.25, 0.3) is 0 Å². The van der Waals surface area contributed by atoms with Gasteiger partial charge in [0.1, 0.15) is 0 Å². The Labute approximate surface area is 85.1 Å². The number of anilines is 1. The van der Waals surface area contributed by atoms with E-state index in [1.807, 2.05) is 19.2 Å². The van der Waals surface area contributed by atoms with Crippen molar-refractivity contribution >= 4 is 5.69 Å². The summed E-state index contributed by atoms with van der Waals surface area (Å²) in [6, 6.07) is 4.73. The minimum absolute atomic E-state index is 0.599. The van der Waals surface area contributed by atoms with Crippen LogP contribution in [0.3, 0.4) is 0 Å². The summed E-state index contributed by atoms with van der Waals surface area (Å²) in [5.74, 6) is 0. The lowest BCUT2D eigenvalue weighted by atomic mass is 10.0. The average Bonchev–Trinajstić information content (AvgIpc) is 2.19. The molecule has 0 spiro atoms. The van der Waals surface area contributed by atoms with Gasteiger partial charge in [-0.15, -0.1) is 0 Å². The number of nitrogens with one attached hydrogen (secondary N) is 1. The van der Waals surface area contributed by atoms with Crippen LogP contribution in [-0.2, 0) is 0 Å². The monoisotopic (exact) mass is 188 g/mol. The Kier molecular flexibility index (Phi) is 2.82. The third-order valence-electron chi connectivity index (χ3n) is 2.54. The van der Waals surface area contributed by atoms with Crippen LogP contribution in [0.15, 0.2) is 30.5 Å². The van der Waals surface area contributed by atoms with Crippen molar-refractivity contribution in [3.63, 3.8) is 0 Å². The molecule has 2 nitrogen and oxygen atoms in total. The fourth-order valence-electron chi connectivity index (χ4n) is 1.80. The Balaban J connectivity index is 1.99. The molecular formula is C12H16N2. The van der Waals surface area contributed by atoms with Crippen LogP contribution in [0.2, 0.25) is 0 Å². The molecule has 1 aliphatic rings.